The van der Waals surface area contributed by atoms with Crippen molar-refractivity contribution in [1.29, 1.82) is 0 Å². The van der Waals surface area contributed by atoms with Crippen LogP contribution in [0.1, 0.15) is 25.5 Å². The quantitative estimate of drug-likeness (QED) is 0.366. The molecule has 34 heavy (non-hydrogen) atoms. The van der Waals surface area contributed by atoms with Crippen molar-refractivity contribution in [2.75, 3.05) is 6.16 Å². The molecule has 176 valence electrons. The summed E-state index contributed by atoms with van der Waals surface area (Å²) >= 11 is 0. The van der Waals surface area contributed by atoms with Crippen LogP contribution in [0.15, 0.2) is 104 Å². The first-order valence-corrected chi connectivity index (χ1v) is 13.5. The zero-order valence-corrected chi connectivity index (χ0v) is 20.4. The number of aromatic nitrogens is 2. The Kier molecular flexibility index (Phi) is 9.57. The molecular weight excluding hydrogens is 441 g/mol. The number of carboxylic acid groups (broad SMARTS) is 1. The number of benzene rings is 3. The van der Waals surface area contributed by atoms with E-state index in [9.17, 15) is 9.90 Å². The molecule has 0 aliphatic carbocycles. The van der Waals surface area contributed by atoms with Crippen molar-refractivity contribution in [1.82, 2.24) is 9.97 Å². The lowest BCUT2D eigenvalue weighted by Gasteiger charge is -2.27. The van der Waals surface area contributed by atoms with Crippen molar-refractivity contribution in [3.63, 3.8) is 0 Å². The van der Waals surface area contributed by atoms with Crippen molar-refractivity contribution in [2.45, 2.75) is 32.2 Å². The van der Waals surface area contributed by atoms with E-state index >= 15 is 0 Å². The third kappa shape index (κ3) is 6.40. The van der Waals surface area contributed by atoms with Crippen LogP contribution in [0.25, 0.3) is 0 Å². The van der Waals surface area contributed by atoms with Crippen LogP contribution in [0.2, 0.25) is 0 Å². The van der Waals surface area contributed by atoms with E-state index in [1.807, 2.05) is 0 Å². The average molecular weight is 474 g/mol. The molecule has 0 unspecified atom stereocenters. The predicted molar refractivity (Wildman–Crippen MR) is 140 cm³/mol. The Hall–Kier alpha value is -3.27. The minimum absolute atomic E-state index is 0.225. The van der Waals surface area contributed by atoms with Gasteiger partial charge in [0.15, 0.2) is 0 Å². The highest BCUT2D eigenvalue weighted by Gasteiger charge is 2.44. The third-order valence-corrected chi connectivity index (χ3v) is 10.3. The minimum atomic E-state index is -1.57. The van der Waals surface area contributed by atoms with E-state index in [-0.39, 0.29) is 6.42 Å². The lowest BCUT2D eigenvalue weighted by molar-refractivity contribution is -0.307. The number of H-pyrrole nitrogens is 1. The summed E-state index contributed by atoms with van der Waals surface area (Å²) in [6, 6.07) is 32.4. The molecule has 0 radical (unpaired) electrons. The number of carboxylic acids is 1. The van der Waals surface area contributed by atoms with Gasteiger partial charge >= 0.3 is 0 Å². The fourth-order valence-corrected chi connectivity index (χ4v) is 8.50. The number of nitrogens with one attached hydrogen (secondary N) is 1. The molecule has 0 saturated carbocycles. The van der Waals surface area contributed by atoms with Crippen molar-refractivity contribution in [3.05, 3.63) is 109 Å². The molecule has 4 rings (SSSR count). The largest absolute Gasteiger partial charge is 0.548 e. The van der Waals surface area contributed by atoms with Crippen molar-refractivity contribution >= 4 is 29.1 Å². The Morgan fingerprint density at radius 2 is 1.38 bits per heavy atom. The first-order valence-electron chi connectivity index (χ1n) is 11.6. The van der Waals surface area contributed by atoms with Gasteiger partial charge in [-0.1, -0.05) is 67.9 Å². The Balaban J connectivity index is 0.000000248. The molecule has 1 aromatic heterocycles. The van der Waals surface area contributed by atoms with Gasteiger partial charge in [0, 0.05) is 24.4 Å². The van der Waals surface area contributed by atoms with Gasteiger partial charge < -0.3 is 20.6 Å². The van der Waals surface area contributed by atoms with Crippen molar-refractivity contribution in [2.24, 2.45) is 5.73 Å². The first kappa shape index (κ1) is 25.4. The summed E-state index contributed by atoms with van der Waals surface area (Å²) in [6.07, 6.45) is 6.95. The van der Waals surface area contributed by atoms with E-state index in [0.29, 0.717) is 5.69 Å². The molecule has 1 heterocycles. The summed E-state index contributed by atoms with van der Waals surface area (Å²) in [4.78, 5) is 16.6. The average Bonchev–Trinajstić information content (AvgIpc) is 3.40. The van der Waals surface area contributed by atoms with Gasteiger partial charge in [0.05, 0.1) is 18.5 Å². The van der Waals surface area contributed by atoms with Crippen LogP contribution in [0.5, 0.6) is 0 Å². The zero-order chi connectivity index (χ0) is 24.2. The molecule has 6 heteroatoms. The summed E-state index contributed by atoms with van der Waals surface area (Å²) in [5, 5.41) is 14.6. The van der Waals surface area contributed by atoms with Gasteiger partial charge in [-0.2, -0.15) is 0 Å². The van der Waals surface area contributed by atoms with Crippen LogP contribution in [-0.2, 0) is 11.2 Å². The number of hydrogen-bond acceptors (Lipinski definition) is 4. The SMILES string of the molecule is CCCC[P+](c1ccccc1)(c1ccccc1)c1ccccc1.N[C@@H](Cc1cnc[nH]1)C(=O)[O-]. The maximum Gasteiger partial charge on any atom is 0.112 e. The molecule has 4 aromatic rings. The molecule has 3 aromatic carbocycles. The summed E-state index contributed by atoms with van der Waals surface area (Å²) < 4.78 is 0. The lowest BCUT2D eigenvalue weighted by atomic mass is 10.2. The number of carbonyl (C=O) groups is 1. The standard InChI is InChI=1S/C22H24P.C6H9N3O2/c1-2-3-19-23(20-13-7-4-8-14-20,21-15-9-5-10-16-21)22-17-11-6-12-18-22;7-5(6(10)11)1-4-2-8-3-9-4/h4-18H,2-3,19H2,1H3;2-3,5H,1,7H2,(H,8,9)(H,10,11)/q+1;/p-1/t;5-/m.0/s1. The van der Waals surface area contributed by atoms with E-state index in [4.69, 9.17) is 5.73 Å². The molecule has 0 spiro atoms. The molecular formula is C28H32N3O2P. The molecule has 0 saturated heterocycles. The fraction of sp³-hybridized carbons (Fsp3) is 0.214. The molecule has 5 nitrogen and oxygen atoms in total. The number of carbonyl (C=O) groups excluding carboxylic acids is 1. The van der Waals surface area contributed by atoms with Gasteiger partial charge in [0.25, 0.3) is 0 Å². The van der Waals surface area contributed by atoms with Crippen LogP contribution in [-0.4, -0.2) is 28.1 Å². The number of nitrogens with zero attached hydrogens (tertiary/aromatic N) is 1. The molecule has 3 N–H and O–H groups in total. The monoisotopic (exact) mass is 473 g/mol. The van der Waals surface area contributed by atoms with Gasteiger partial charge in [-0.05, 0) is 42.8 Å². The van der Waals surface area contributed by atoms with Gasteiger partial charge in [-0.15, -0.1) is 0 Å². The molecule has 0 bridgehead atoms. The maximum absolute atomic E-state index is 10.2. The highest BCUT2D eigenvalue weighted by molar-refractivity contribution is 7.95. The summed E-state index contributed by atoms with van der Waals surface area (Å²) in [5.41, 5.74) is 5.89. The third-order valence-electron chi connectivity index (χ3n) is 5.74. The van der Waals surface area contributed by atoms with Crippen molar-refractivity contribution < 1.29 is 9.90 Å². The fourth-order valence-electron chi connectivity index (χ4n) is 3.99. The Morgan fingerprint density at radius 3 is 1.74 bits per heavy atom. The van der Waals surface area contributed by atoms with Crippen molar-refractivity contribution in [3.8, 4) is 0 Å². The van der Waals surface area contributed by atoms with Gasteiger partial charge in [-0.25, -0.2) is 4.98 Å². The molecule has 0 amide bonds. The number of unbranched alkanes of at least 4 members (excludes halogenated alkanes) is 1. The van der Waals surface area contributed by atoms with E-state index in [2.05, 4.69) is 108 Å². The second kappa shape index (κ2) is 12.8. The highest BCUT2D eigenvalue weighted by atomic mass is 31.2. The highest BCUT2D eigenvalue weighted by Crippen LogP contribution is 2.55. The first-order chi connectivity index (χ1) is 16.6. The molecule has 1 atom stereocenters. The number of imidazole rings is 1. The number of nitrogens with two attached hydrogens (primary N) is 1. The van der Waals surface area contributed by atoms with Crippen LogP contribution >= 0.6 is 7.26 Å². The van der Waals surface area contributed by atoms with Gasteiger partial charge in [0.1, 0.15) is 23.2 Å². The zero-order valence-electron chi connectivity index (χ0n) is 19.5. The van der Waals surface area contributed by atoms with Crippen LogP contribution < -0.4 is 26.8 Å². The molecule has 0 aliphatic rings. The van der Waals surface area contributed by atoms with Gasteiger partial charge in [0.2, 0.25) is 0 Å². The van der Waals surface area contributed by atoms with E-state index < -0.39 is 19.3 Å². The molecule has 0 fully saturated rings. The van der Waals surface area contributed by atoms with Crippen LogP contribution in [0.3, 0.4) is 0 Å². The molecule has 0 aliphatic heterocycles. The number of hydrogen-bond donors (Lipinski definition) is 2. The van der Waals surface area contributed by atoms with E-state index in [0.717, 1.165) is 0 Å². The maximum atomic E-state index is 10.2. The Bertz CT molecular complexity index is 1010. The topological polar surface area (TPSA) is 94.8 Å². The second-order valence-corrected chi connectivity index (χ2v) is 11.7. The number of aliphatic carboxylic acids is 1. The minimum Gasteiger partial charge on any atom is -0.548 e. The Labute approximate surface area is 202 Å². The number of rotatable bonds is 9. The summed E-state index contributed by atoms with van der Waals surface area (Å²) in [6.45, 7) is 2.29. The lowest BCUT2D eigenvalue weighted by Crippen LogP contribution is -2.43. The van der Waals surface area contributed by atoms with Gasteiger partial charge in [-0.3, -0.25) is 0 Å². The summed E-state index contributed by atoms with van der Waals surface area (Å²) in [5.74, 6) is -1.25. The second-order valence-electron chi connectivity index (χ2n) is 8.10. The summed E-state index contributed by atoms with van der Waals surface area (Å²) in [7, 11) is -1.57. The Morgan fingerprint density at radius 1 is 0.912 bits per heavy atom. The number of aromatic amines is 1. The normalized spacial score (nSPS) is 11.8. The van der Waals surface area contributed by atoms with Crippen LogP contribution in [0, 0.1) is 0 Å². The van der Waals surface area contributed by atoms with Crippen LogP contribution in [0.4, 0.5) is 0 Å². The predicted octanol–water partition coefficient (Wildman–Crippen LogP) is 2.81. The van der Waals surface area contributed by atoms with E-state index in [1.54, 1.807) is 0 Å². The van der Waals surface area contributed by atoms with E-state index in [1.165, 1.54) is 47.4 Å². The smallest absolute Gasteiger partial charge is 0.112 e.